The van der Waals surface area contributed by atoms with E-state index in [0.717, 1.165) is 5.56 Å². The Kier molecular flexibility index (Phi) is 5.84. The number of hydrogen-bond acceptors (Lipinski definition) is 5. The predicted molar refractivity (Wildman–Crippen MR) is 88.0 cm³/mol. The van der Waals surface area contributed by atoms with E-state index >= 15 is 0 Å². The molecule has 0 atom stereocenters. The molecule has 5 heteroatoms. The van der Waals surface area contributed by atoms with Crippen LogP contribution in [-0.2, 0) is 15.9 Å². The zero-order valence-electron chi connectivity index (χ0n) is 13.6. The van der Waals surface area contributed by atoms with Crippen LogP contribution in [0.25, 0.3) is 0 Å². The molecule has 124 valence electrons. The molecule has 0 saturated heterocycles. The quantitative estimate of drug-likeness (QED) is 0.622. The largest absolute Gasteiger partial charge is 0.462 e. The van der Waals surface area contributed by atoms with Gasteiger partial charge in [0, 0.05) is 0 Å². The van der Waals surface area contributed by atoms with E-state index in [1.54, 1.807) is 49.4 Å². The van der Waals surface area contributed by atoms with E-state index in [0.29, 0.717) is 6.42 Å². The van der Waals surface area contributed by atoms with Crippen LogP contribution in [0.15, 0.2) is 48.5 Å². The molecule has 0 fully saturated rings. The number of carbonyl (C=O) groups is 3. The third kappa shape index (κ3) is 4.07. The van der Waals surface area contributed by atoms with E-state index in [2.05, 4.69) is 0 Å². The summed E-state index contributed by atoms with van der Waals surface area (Å²) < 4.78 is 9.86. The van der Waals surface area contributed by atoms with Crippen molar-refractivity contribution in [1.29, 1.82) is 0 Å². The molecule has 0 unspecified atom stereocenters. The van der Waals surface area contributed by atoms with Gasteiger partial charge in [-0.25, -0.2) is 14.4 Å². The van der Waals surface area contributed by atoms with E-state index in [4.69, 9.17) is 9.47 Å². The highest BCUT2D eigenvalue weighted by Gasteiger charge is 2.22. The van der Waals surface area contributed by atoms with Crippen LogP contribution >= 0.6 is 0 Å². The summed E-state index contributed by atoms with van der Waals surface area (Å²) in [6.07, 6.45) is 0.677. The minimum absolute atomic E-state index is 0.0251. The number of rotatable bonds is 5. The summed E-state index contributed by atoms with van der Waals surface area (Å²) in [5.74, 6) is -2.27. The standard InChI is InChI=1S/C19H18O5/c1-3-13-10-11-15(18(21)23-4-2)16(12-13)19(22)24-17(20)14-8-6-5-7-9-14/h5-12H,3-4H2,1-2H3. The van der Waals surface area contributed by atoms with Gasteiger partial charge in [0.15, 0.2) is 0 Å². The molecule has 2 rings (SSSR count). The number of aryl methyl sites for hydroxylation is 1. The molecule has 5 nitrogen and oxygen atoms in total. The van der Waals surface area contributed by atoms with Crippen molar-refractivity contribution in [3.63, 3.8) is 0 Å². The van der Waals surface area contributed by atoms with Gasteiger partial charge in [-0.15, -0.1) is 0 Å². The Hall–Kier alpha value is -2.95. The van der Waals surface area contributed by atoms with Crippen molar-refractivity contribution < 1.29 is 23.9 Å². The third-order valence-corrected chi connectivity index (χ3v) is 3.40. The maximum absolute atomic E-state index is 12.4. The van der Waals surface area contributed by atoms with Crippen LogP contribution in [0.2, 0.25) is 0 Å². The van der Waals surface area contributed by atoms with Gasteiger partial charge in [-0.05, 0) is 43.2 Å². The number of hydrogen-bond donors (Lipinski definition) is 0. The van der Waals surface area contributed by atoms with Crippen molar-refractivity contribution in [3.8, 4) is 0 Å². The molecule has 2 aromatic carbocycles. The molecule has 0 aliphatic heterocycles. The molecule has 0 amide bonds. The van der Waals surface area contributed by atoms with Crippen LogP contribution in [0.4, 0.5) is 0 Å². The second-order valence-corrected chi connectivity index (χ2v) is 5.00. The summed E-state index contributed by atoms with van der Waals surface area (Å²) in [5.41, 5.74) is 1.22. The number of esters is 3. The highest BCUT2D eigenvalue weighted by atomic mass is 16.6. The van der Waals surface area contributed by atoms with Crippen LogP contribution in [-0.4, -0.2) is 24.5 Å². The highest BCUT2D eigenvalue weighted by molar-refractivity contribution is 6.08. The Balaban J connectivity index is 2.29. The summed E-state index contributed by atoms with van der Waals surface area (Å²) in [6.45, 7) is 3.78. The van der Waals surface area contributed by atoms with E-state index in [1.165, 1.54) is 6.07 Å². The van der Waals surface area contributed by atoms with E-state index in [9.17, 15) is 14.4 Å². The molecule has 24 heavy (non-hydrogen) atoms. The molecular formula is C19H18O5. The van der Waals surface area contributed by atoms with Crippen LogP contribution in [0, 0.1) is 0 Å². The maximum Gasteiger partial charge on any atom is 0.346 e. The molecule has 0 N–H and O–H groups in total. The van der Waals surface area contributed by atoms with Gasteiger partial charge in [0.25, 0.3) is 0 Å². The van der Waals surface area contributed by atoms with Crippen LogP contribution in [0.5, 0.6) is 0 Å². The molecule has 0 saturated carbocycles. The highest BCUT2D eigenvalue weighted by Crippen LogP contribution is 2.16. The SMILES string of the molecule is CCOC(=O)c1ccc(CC)cc1C(=O)OC(=O)c1ccccc1. The minimum Gasteiger partial charge on any atom is -0.462 e. The molecular weight excluding hydrogens is 308 g/mol. The Labute approximate surface area is 140 Å². The first-order valence-corrected chi connectivity index (χ1v) is 7.68. The number of benzene rings is 2. The molecule has 0 spiro atoms. The first kappa shape index (κ1) is 17.4. The fourth-order valence-electron chi connectivity index (χ4n) is 2.14. The molecule has 0 aliphatic carbocycles. The second-order valence-electron chi connectivity index (χ2n) is 5.00. The Bertz CT molecular complexity index is 750. The van der Waals surface area contributed by atoms with Crippen molar-refractivity contribution >= 4 is 17.9 Å². The fourth-order valence-corrected chi connectivity index (χ4v) is 2.14. The van der Waals surface area contributed by atoms with Gasteiger partial charge in [0.1, 0.15) is 0 Å². The first-order chi connectivity index (χ1) is 11.6. The van der Waals surface area contributed by atoms with Crippen molar-refractivity contribution in [3.05, 3.63) is 70.8 Å². The van der Waals surface area contributed by atoms with Crippen molar-refractivity contribution in [2.45, 2.75) is 20.3 Å². The van der Waals surface area contributed by atoms with Gasteiger partial charge in [-0.3, -0.25) is 0 Å². The molecule has 0 heterocycles. The fraction of sp³-hybridized carbons (Fsp3) is 0.211. The smallest absolute Gasteiger partial charge is 0.346 e. The zero-order valence-corrected chi connectivity index (χ0v) is 13.6. The molecule has 0 aromatic heterocycles. The van der Waals surface area contributed by atoms with Gasteiger partial charge >= 0.3 is 17.9 Å². The van der Waals surface area contributed by atoms with Crippen molar-refractivity contribution in [2.24, 2.45) is 0 Å². The monoisotopic (exact) mass is 326 g/mol. The lowest BCUT2D eigenvalue weighted by Gasteiger charge is -2.10. The summed E-state index contributed by atoms with van der Waals surface area (Å²) in [5, 5.41) is 0. The van der Waals surface area contributed by atoms with Gasteiger partial charge in [-0.2, -0.15) is 0 Å². The predicted octanol–water partition coefficient (Wildman–Crippen LogP) is 3.42. The first-order valence-electron chi connectivity index (χ1n) is 7.68. The van der Waals surface area contributed by atoms with Crippen LogP contribution < -0.4 is 0 Å². The topological polar surface area (TPSA) is 69.7 Å². The Morgan fingerprint density at radius 2 is 1.54 bits per heavy atom. The Morgan fingerprint density at radius 1 is 0.833 bits per heavy atom. The van der Waals surface area contributed by atoms with Gasteiger partial charge in [0.05, 0.1) is 23.3 Å². The summed E-state index contributed by atoms with van der Waals surface area (Å²) in [7, 11) is 0. The number of carbonyl (C=O) groups excluding carboxylic acids is 3. The molecule has 0 radical (unpaired) electrons. The van der Waals surface area contributed by atoms with Crippen LogP contribution in [0.3, 0.4) is 0 Å². The second kappa shape index (κ2) is 8.06. The van der Waals surface area contributed by atoms with Crippen LogP contribution in [0.1, 0.15) is 50.5 Å². The minimum atomic E-state index is -0.873. The molecule has 0 aliphatic rings. The summed E-state index contributed by atoms with van der Waals surface area (Å²) in [4.78, 5) is 36.4. The van der Waals surface area contributed by atoms with Crippen molar-refractivity contribution in [2.75, 3.05) is 6.61 Å². The third-order valence-electron chi connectivity index (χ3n) is 3.40. The zero-order chi connectivity index (χ0) is 17.5. The Morgan fingerprint density at radius 3 is 2.17 bits per heavy atom. The maximum atomic E-state index is 12.4. The molecule has 0 bridgehead atoms. The van der Waals surface area contributed by atoms with Crippen molar-refractivity contribution in [1.82, 2.24) is 0 Å². The molecule has 2 aromatic rings. The normalized spacial score (nSPS) is 10.1. The lowest BCUT2D eigenvalue weighted by atomic mass is 10.0. The van der Waals surface area contributed by atoms with E-state index < -0.39 is 17.9 Å². The van der Waals surface area contributed by atoms with E-state index in [-0.39, 0.29) is 23.3 Å². The number of ether oxygens (including phenoxy) is 2. The average molecular weight is 326 g/mol. The van der Waals surface area contributed by atoms with E-state index in [1.807, 2.05) is 6.92 Å². The van der Waals surface area contributed by atoms with Gasteiger partial charge < -0.3 is 9.47 Å². The van der Waals surface area contributed by atoms with Gasteiger partial charge in [0.2, 0.25) is 0 Å². The lowest BCUT2D eigenvalue weighted by molar-refractivity contribution is 0.0385. The summed E-state index contributed by atoms with van der Waals surface area (Å²) in [6, 6.07) is 13.0. The lowest BCUT2D eigenvalue weighted by Crippen LogP contribution is -2.17. The average Bonchev–Trinajstić information content (AvgIpc) is 2.62. The van der Waals surface area contributed by atoms with Gasteiger partial charge in [-0.1, -0.05) is 31.2 Å². The summed E-state index contributed by atoms with van der Waals surface area (Å²) >= 11 is 0.